The Kier molecular flexibility index (Phi) is 6.83. The molecule has 1 aliphatic heterocycles. The van der Waals surface area contributed by atoms with Gasteiger partial charge < -0.3 is 20.0 Å². The molecule has 1 atom stereocenters. The van der Waals surface area contributed by atoms with Crippen LogP contribution in [0, 0.1) is 12.8 Å². The Morgan fingerprint density at radius 2 is 1.92 bits per heavy atom. The predicted molar refractivity (Wildman–Crippen MR) is 103 cm³/mol. The van der Waals surface area contributed by atoms with Crippen LogP contribution in [0.4, 0.5) is 10.5 Å². The second-order valence-electron chi connectivity index (χ2n) is 7.39. The van der Waals surface area contributed by atoms with E-state index in [1.807, 2.05) is 37.9 Å². The highest BCUT2D eigenvalue weighted by Gasteiger charge is 2.28. The van der Waals surface area contributed by atoms with Gasteiger partial charge in [0.25, 0.3) is 0 Å². The Morgan fingerprint density at radius 1 is 1.19 bits per heavy atom. The zero-order valence-corrected chi connectivity index (χ0v) is 16.5. The number of aryl methyl sites for hydroxylation is 1. The lowest BCUT2D eigenvalue weighted by Gasteiger charge is -2.28. The van der Waals surface area contributed by atoms with E-state index in [9.17, 15) is 9.59 Å². The number of carbonyl (C=O) groups excluding carboxylic acids is 2. The molecule has 2 rings (SSSR count). The minimum Gasteiger partial charge on any atom is -0.370 e. The molecular weight excluding hydrogens is 330 g/mol. The zero-order valence-electron chi connectivity index (χ0n) is 16.5. The molecule has 1 aromatic heterocycles. The molecule has 1 N–H and O–H groups in total. The fraction of sp³-hybridized carbons (Fsp3) is 0.632. The summed E-state index contributed by atoms with van der Waals surface area (Å²) in [4.78, 5) is 34.9. The number of nitrogens with zero attached hydrogens (tertiary/aromatic N) is 4. The van der Waals surface area contributed by atoms with Crippen molar-refractivity contribution < 1.29 is 9.59 Å². The molecule has 0 unspecified atom stereocenters. The van der Waals surface area contributed by atoms with Crippen LogP contribution in [-0.2, 0) is 4.79 Å². The van der Waals surface area contributed by atoms with Crippen LogP contribution in [-0.4, -0.2) is 73.0 Å². The van der Waals surface area contributed by atoms with E-state index in [4.69, 9.17) is 0 Å². The minimum atomic E-state index is -0.500. The van der Waals surface area contributed by atoms with Gasteiger partial charge in [0.05, 0.1) is 0 Å². The Labute approximate surface area is 156 Å². The van der Waals surface area contributed by atoms with Gasteiger partial charge in [-0.2, -0.15) is 0 Å². The Bertz CT molecular complexity index is 632. The summed E-state index contributed by atoms with van der Waals surface area (Å²) in [5.41, 5.74) is 2.13. The SMILES string of the molecule is Cc1cc(N2CCCN(C(=O)N[C@H](C(=O)N(C)C)C(C)C)CC2)ccn1. The van der Waals surface area contributed by atoms with Crippen molar-refractivity contribution in [1.82, 2.24) is 20.1 Å². The van der Waals surface area contributed by atoms with Crippen LogP contribution >= 0.6 is 0 Å². The number of carbonyl (C=O) groups is 2. The normalized spacial score (nSPS) is 16.2. The van der Waals surface area contributed by atoms with Crippen LogP contribution in [0.1, 0.15) is 26.0 Å². The van der Waals surface area contributed by atoms with Crippen molar-refractivity contribution in [3.8, 4) is 0 Å². The van der Waals surface area contributed by atoms with Crippen LogP contribution in [0.15, 0.2) is 18.3 Å². The van der Waals surface area contributed by atoms with Crippen LogP contribution < -0.4 is 10.2 Å². The quantitative estimate of drug-likeness (QED) is 0.887. The van der Waals surface area contributed by atoms with Gasteiger partial charge in [0, 0.05) is 57.9 Å². The number of hydrogen-bond acceptors (Lipinski definition) is 4. The second-order valence-corrected chi connectivity index (χ2v) is 7.39. The summed E-state index contributed by atoms with van der Waals surface area (Å²) in [5.74, 6) is -0.0332. The molecule has 1 aliphatic rings. The van der Waals surface area contributed by atoms with Crippen LogP contribution in [0.5, 0.6) is 0 Å². The van der Waals surface area contributed by atoms with E-state index in [2.05, 4.69) is 21.3 Å². The fourth-order valence-corrected chi connectivity index (χ4v) is 3.12. The van der Waals surface area contributed by atoms with Crippen molar-refractivity contribution in [3.05, 3.63) is 24.0 Å². The Morgan fingerprint density at radius 3 is 2.54 bits per heavy atom. The molecule has 7 nitrogen and oxygen atoms in total. The summed E-state index contributed by atoms with van der Waals surface area (Å²) >= 11 is 0. The number of amides is 3. The topological polar surface area (TPSA) is 68.8 Å². The van der Waals surface area contributed by atoms with Crippen molar-refractivity contribution in [2.45, 2.75) is 33.2 Å². The Hall–Kier alpha value is -2.31. The summed E-state index contributed by atoms with van der Waals surface area (Å²) in [6.45, 7) is 8.86. The van der Waals surface area contributed by atoms with Gasteiger partial charge in [-0.05, 0) is 31.4 Å². The summed E-state index contributed by atoms with van der Waals surface area (Å²) in [6, 6.07) is 3.42. The third kappa shape index (κ3) is 5.09. The number of aromatic nitrogens is 1. The molecular formula is C19H31N5O2. The van der Waals surface area contributed by atoms with Crippen molar-refractivity contribution >= 4 is 17.6 Å². The second kappa shape index (κ2) is 8.87. The van der Waals surface area contributed by atoms with Gasteiger partial charge >= 0.3 is 6.03 Å². The highest BCUT2D eigenvalue weighted by atomic mass is 16.2. The molecule has 1 fully saturated rings. The van der Waals surface area contributed by atoms with Gasteiger partial charge in [0.1, 0.15) is 6.04 Å². The molecule has 1 aromatic rings. The molecule has 0 spiro atoms. The molecule has 0 saturated carbocycles. The van der Waals surface area contributed by atoms with Gasteiger partial charge in [0.2, 0.25) is 5.91 Å². The predicted octanol–water partition coefficient (Wildman–Crippen LogP) is 1.72. The number of anilines is 1. The third-order valence-corrected chi connectivity index (χ3v) is 4.68. The summed E-state index contributed by atoms with van der Waals surface area (Å²) in [5, 5.41) is 2.93. The molecule has 144 valence electrons. The largest absolute Gasteiger partial charge is 0.370 e. The maximum absolute atomic E-state index is 12.7. The first-order valence-electron chi connectivity index (χ1n) is 9.23. The summed E-state index contributed by atoms with van der Waals surface area (Å²) < 4.78 is 0. The van der Waals surface area contributed by atoms with E-state index in [1.54, 1.807) is 14.1 Å². The molecule has 0 aliphatic carbocycles. The maximum atomic E-state index is 12.7. The number of hydrogen-bond donors (Lipinski definition) is 1. The molecule has 0 aromatic carbocycles. The van der Waals surface area contributed by atoms with Crippen LogP contribution in [0.25, 0.3) is 0 Å². The molecule has 0 radical (unpaired) electrons. The first-order valence-corrected chi connectivity index (χ1v) is 9.23. The highest BCUT2D eigenvalue weighted by Crippen LogP contribution is 2.17. The third-order valence-electron chi connectivity index (χ3n) is 4.68. The molecule has 26 heavy (non-hydrogen) atoms. The lowest BCUT2D eigenvalue weighted by atomic mass is 10.0. The van der Waals surface area contributed by atoms with Gasteiger partial charge in [-0.25, -0.2) is 4.79 Å². The van der Waals surface area contributed by atoms with Crippen molar-refractivity contribution in [2.75, 3.05) is 45.2 Å². The summed E-state index contributed by atoms with van der Waals surface area (Å²) in [7, 11) is 3.43. The molecule has 0 bridgehead atoms. The lowest BCUT2D eigenvalue weighted by molar-refractivity contribution is -0.131. The van der Waals surface area contributed by atoms with Crippen molar-refractivity contribution in [1.29, 1.82) is 0 Å². The lowest BCUT2D eigenvalue weighted by Crippen LogP contribution is -2.53. The monoisotopic (exact) mass is 361 g/mol. The van der Waals surface area contributed by atoms with Crippen LogP contribution in [0.3, 0.4) is 0 Å². The number of rotatable bonds is 4. The first-order chi connectivity index (χ1) is 12.3. The highest BCUT2D eigenvalue weighted by molar-refractivity contribution is 5.87. The van der Waals surface area contributed by atoms with Gasteiger partial charge in [-0.3, -0.25) is 9.78 Å². The first kappa shape index (κ1) is 20.0. The van der Waals surface area contributed by atoms with Crippen molar-refractivity contribution in [2.24, 2.45) is 5.92 Å². The van der Waals surface area contributed by atoms with E-state index in [-0.39, 0.29) is 17.9 Å². The van der Waals surface area contributed by atoms with E-state index >= 15 is 0 Å². The van der Waals surface area contributed by atoms with Crippen LogP contribution in [0.2, 0.25) is 0 Å². The summed E-state index contributed by atoms with van der Waals surface area (Å²) in [6.07, 6.45) is 2.71. The average Bonchev–Trinajstić information content (AvgIpc) is 2.84. The van der Waals surface area contributed by atoms with E-state index < -0.39 is 6.04 Å². The standard InChI is InChI=1S/C19H31N5O2/c1-14(2)17(18(25)22(4)5)21-19(26)24-10-6-9-23(11-12-24)16-7-8-20-15(3)13-16/h7-8,13-14,17H,6,9-12H2,1-5H3,(H,21,26)/t17-/m0/s1. The molecule has 2 heterocycles. The average molecular weight is 361 g/mol. The van der Waals surface area contributed by atoms with E-state index in [0.717, 1.165) is 30.9 Å². The Balaban J connectivity index is 1.99. The van der Waals surface area contributed by atoms with Gasteiger partial charge in [-0.1, -0.05) is 13.8 Å². The number of urea groups is 1. The number of pyridine rings is 1. The zero-order chi connectivity index (χ0) is 19.3. The number of likely N-dealkylation sites (N-methyl/N-ethyl adjacent to an activating group) is 1. The maximum Gasteiger partial charge on any atom is 0.318 e. The molecule has 7 heteroatoms. The fourth-order valence-electron chi connectivity index (χ4n) is 3.12. The molecule has 3 amide bonds. The number of nitrogens with one attached hydrogen (secondary N) is 1. The van der Waals surface area contributed by atoms with Crippen molar-refractivity contribution in [3.63, 3.8) is 0 Å². The smallest absolute Gasteiger partial charge is 0.318 e. The van der Waals surface area contributed by atoms with E-state index in [0.29, 0.717) is 13.1 Å². The van der Waals surface area contributed by atoms with Gasteiger partial charge in [-0.15, -0.1) is 0 Å². The van der Waals surface area contributed by atoms with Gasteiger partial charge in [0.15, 0.2) is 0 Å². The minimum absolute atomic E-state index is 0.0390. The van der Waals surface area contributed by atoms with E-state index in [1.165, 1.54) is 4.90 Å². The molecule has 1 saturated heterocycles.